The molecule has 3 rings (SSSR count). The number of thiophene rings is 1. The zero-order valence-corrected chi connectivity index (χ0v) is 14.8. The van der Waals surface area contributed by atoms with Crippen molar-refractivity contribution in [2.45, 2.75) is 39.2 Å². The molecule has 1 amide bonds. The summed E-state index contributed by atoms with van der Waals surface area (Å²) in [6.07, 6.45) is 2.91. The van der Waals surface area contributed by atoms with Crippen LogP contribution in [0.5, 0.6) is 0 Å². The van der Waals surface area contributed by atoms with Crippen molar-refractivity contribution in [3.05, 3.63) is 52.0 Å². The first-order valence-electron chi connectivity index (χ1n) is 8.22. The molecule has 24 heavy (non-hydrogen) atoms. The molecule has 0 radical (unpaired) electrons. The summed E-state index contributed by atoms with van der Waals surface area (Å²) in [7, 11) is 0. The number of imidazole rings is 1. The van der Waals surface area contributed by atoms with Gasteiger partial charge in [0.1, 0.15) is 5.82 Å². The molecule has 5 heteroatoms. The Hall–Kier alpha value is -2.27. The predicted molar refractivity (Wildman–Crippen MR) is 100 cm³/mol. The van der Waals surface area contributed by atoms with E-state index in [1.165, 1.54) is 4.88 Å². The third-order valence-electron chi connectivity index (χ3n) is 4.37. The SMILES string of the molecule is C=NC(=O)c1ccc2c(c1)nc(Cc1cccs1)n2C(CC)CC. The minimum atomic E-state index is -0.311. The van der Waals surface area contributed by atoms with Crippen LogP contribution in [0.4, 0.5) is 0 Å². The van der Waals surface area contributed by atoms with Crippen LogP contribution in [0.25, 0.3) is 11.0 Å². The van der Waals surface area contributed by atoms with E-state index in [0.717, 1.165) is 36.1 Å². The highest BCUT2D eigenvalue weighted by Crippen LogP contribution is 2.28. The number of nitrogens with zero attached hydrogens (tertiary/aromatic N) is 3. The minimum Gasteiger partial charge on any atom is -0.325 e. The molecule has 0 unspecified atom stereocenters. The zero-order chi connectivity index (χ0) is 17.1. The summed E-state index contributed by atoms with van der Waals surface area (Å²) < 4.78 is 2.34. The van der Waals surface area contributed by atoms with Crippen molar-refractivity contribution in [3.63, 3.8) is 0 Å². The van der Waals surface area contributed by atoms with Crippen molar-refractivity contribution in [1.29, 1.82) is 0 Å². The molecule has 0 aliphatic rings. The average Bonchev–Trinajstić information content (AvgIpc) is 3.23. The fourth-order valence-electron chi connectivity index (χ4n) is 3.13. The van der Waals surface area contributed by atoms with E-state index >= 15 is 0 Å². The molecule has 0 spiro atoms. The van der Waals surface area contributed by atoms with Crippen molar-refractivity contribution in [2.75, 3.05) is 0 Å². The molecule has 0 N–H and O–H groups in total. The van der Waals surface area contributed by atoms with Crippen molar-refractivity contribution in [3.8, 4) is 0 Å². The number of carbonyl (C=O) groups excluding carboxylic acids is 1. The first-order valence-corrected chi connectivity index (χ1v) is 9.10. The smallest absolute Gasteiger partial charge is 0.276 e. The molecule has 0 bridgehead atoms. The number of benzene rings is 1. The molecule has 0 fully saturated rings. The first-order chi connectivity index (χ1) is 11.7. The second-order valence-electron chi connectivity index (χ2n) is 5.79. The van der Waals surface area contributed by atoms with Crippen LogP contribution in [0, 0.1) is 0 Å². The van der Waals surface area contributed by atoms with E-state index in [-0.39, 0.29) is 5.91 Å². The lowest BCUT2D eigenvalue weighted by molar-refractivity contribution is 0.100. The zero-order valence-electron chi connectivity index (χ0n) is 14.0. The lowest BCUT2D eigenvalue weighted by Gasteiger charge is -2.18. The monoisotopic (exact) mass is 339 g/mol. The summed E-state index contributed by atoms with van der Waals surface area (Å²) in [6.45, 7) is 7.73. The van der Waals surface area contributed by atoms with E-state index in [4.69, 9.17) is 4.98 Å². The van der Waals surface area contributed by atoms with Gasteiger partial charge < -0.3 is 4.57 Å². The van der Waals surface area contributed by atoms with E-state index in [1.54, 1.807) is 11.3 Å². The molecule has 4 nitrogen and oxygen atoms in total. The molecule has 0 aliphatic carbocycles. The highest BCUT2D eigenvalue weighted by molar-refractivity contribution is 7.09. The molecule has 2 aromatic heterocycles. The van der Waals surface area contributed by atoms with Gasteiger partial charge in [-0.3, -0.25) is 4.79 Å². The van der Waals surface area contributed by atoms with E-state index in [1.807, 2.05) is 18.2 Å². The number of aromatic nitrogens is 2. The number of carbonyl (C=O) groups is 1. The van der Waals surface area contributed by atoms with Crippen LogP contribution in [-0.2, 0) is 6.42 Å². The number of aliphatic imine (C=N–C) groups is 1. The molecule has 0 atom stereocenters. The summed E-state index contributed by atoms with van der Waals surface area (Å²) in [5, 5.41) is 2.09. The first kappa shape index (κ1) is 16.6. The third kappa shape index (κ3) is 3.04. The van der Waals surface area contributed by atoms with Crippen LogP contribution >= 0.6 is 11.3 Å². The highest BCUT2D eigenvalue weighted by atomic mass is 32.1. The predicted octanol–water partition coefficient (Wildman–Crippen LogP) is 4.89. The van der Waals surface area contributed by atoms with Crippen molar-refractivity contribution in [1.82, 2.24) is 9.55 Å². The van der Waals surface area contributed by atoms with Crippen molar-refractivity contribution >= 4 is 35.0 Å². The Kier molecular flexibility index (Phi) is 4.90. The van der Waals surface area contributed by atoms with Crippen LogP contribution in [0.15, 0.2) is 40.7 Å². The number of hydrogen-bond acceptors (Lipinski definition) is 3. The summed E-state index contributed by atoms with van der Waals surface area (Å²) in [4.78, 5) is 21.4. The minimum absolute atomic E-state index is 0.311. The van der Waals surface area contributed by atoms with Gasteiger partial charge >= 0.3 is 0 Å². The van der Waals surface area contributed by atoms with Gasteiger partial charge in [0.2, 0.25) is 0 Å². The second kappa shape index (κ2) is 7.09. The quantitative estimate of drug-likeness (QED) is 0.600. The molecular weight excluding hydrogens is 318 g/mol. The Morgan fingerprint density at radius 3 is 2.75 bits per heavy atom. The Morgan fingerprint density at radius 2 is 2.12 bits per heavy atom. The van der Waals surface area contributed by atoms with Crippen LogP contribution < -0.4 is 0 Å². The number of amides is 1. The van der Waals surface area contributed by atoms with Gasteiger partial charge in [-0.1, -0.05) is 19.9 Å². The number of fused-ring (bicyclic) bond motifs is 1. The standard InChI is InChI=1S/C19H21N3OS/c1-4-14(5-2)22-17-9-8-13(19(23)20-3)11-16(17)21-18(22)12-15-7-6-10-24-15/h6-11,14H,3-5,12H2,1-2H3. The van der Waals surface area contributed by atoms with Gasteiger partial charge in [-0.05, 0) is 49.2 Å². The number of rotatable bonds is 6. The Balaban J connectivity index is 2.14. The van der Waals surface area contributed by atoms with Gasteiger partial charge in [-0.15, -0.1) is 11.3 Å². The number of hydrogen-bond donors (Lipinski definition) is 0. The normalized spacial score (nSPS) is 11.3. The molecule has 0 saturated heterocycles. The van der Waals surface area contributed by atoms with E-state index in [2.05, 4.69) is 47.6 Å². The van der Waals surface area contributed by atoms with Crippen molar-refractivity contribution in [2.24, 2.45) is 4.99 Å². The van der Waals surface area contributed by atoms with Gasteiger partial charge in [-0.2, -0.15) is 0 Å². The summed E-state index contributed by atoms with van der Waals surface area (Å²) in [5.74, 6) is 0.742. The van der Waals surface area contributed by atoms with Gasteiger partial charge in [0.05, 0.1) is 11.0 Å². The van der Waals surface area contributed by atoms with E-state index < -0.39 is 0 Å². The summed E-state index contributed by atoms with van der Waals surface area (Å²) >= 11 is 1.74. The lowest BCUT2D eigenvalue weighted by Crippen LogP contribution is -2.11. The van der Waals surface area contributed by atoms with E-state index in [0.29, 0.717) is 11.6 Å². The Labute approximate surface area is 145 Å². The summed E-state index contributed by atoms with van der Waals surface area (Å²) in [6, 6.07) is 10.2. The Morgan fingerprint density at radius 1 is 1.33 bits per heavy atom. The molecule has 0 saturated carbocycles. The Bertz CT molecular complexity index is 860. The van der Waals surface area contributed by atoms with Gasteiger partial charge in [-0.25, -0.2) is 9.98 Å². The second-order valence-corrected chi connectivity index (χ2v) is 6.82. The average molecular weight is 339 g/mol. The largest absolute Gasteiger partial charge is 0.325 e. The fraction of sp³-hybridized carbons (Fsp3) is 0.316. The van der Waals surface area contributed by atoms with Crippen LogP contribution in [0.2, 0.25) is 0 Å². The molecule has 124 valence electrons. The highest BCUT2D eigenvalue weighted by Gasteiger charge is 2.18. The van der Waals surface area contributed by atoms with Crippen molar-refractivity contribution < 1.29 is 4.79 Å². The molecule has 2 heterocycles. The third-order valence-corrected chi connectivity index (χ3v) is 5.25. The van der Waals surface area contributed by atoms with Gasteiger partial charge in [0.25, 0.3) is 5.91 Å². The van der Waals surface area contributed by atoms with Gasteiger partial charge in [0.15, 0.2) is 0 Å². The maximum absolute atomic E-state index is 11.8. The van der Waals surface area contributed by atoms with Crippen LogP contribution in [0.1, 0.15) is 53.8 Å². The van der Waals surface area contributed by atoms with E-state index in [9.17, 15) is 4.79 Å². The topological polar surface area (TPSA) is 47.2 Å². The molecule has 1 aromatic carbocycles. The van der Waals surface area contributed by atoms with Gasteiger partial charge in [0, 0.05) is 22.9 Å². The summed E-state index contributed by atoms with van der Waals surface area (Å²) in [5.41, 5.74) is 2.47. The maximum Gasteiger partial charge on any atom is 0.276 e. The molecule has 0 aliphatic heterocycles. The molecular formula is C19H21N3OS. The van der Waals surface area contributed by atoms with Crippen LogP contribution in [-0.4, -0.2) is 22.2 Å². The maximum atomic E-state index is 11.8. The van der Waals surface area contributed by atoms with Crippen LogP contribution in [0.3, 0.4) is 0 Å². The fourth-order valence-corrected chi connectivity index (χ4v) is 3.83. The molecule has 3 aromatic rings. The lowest BCUT2D eigenvalue weighted by atomic mass is 10.1.